The van der Waals surface area contributed by atoms with Gasteiger partial charge in [-0.3, -0.25) is 9.63 Å². The van der Waals surface area contributed by atoms with Crippen molar-refractivity contribution in [3.63, 3.8) is 0 Å². The van der Waals surface area contributed by atoms with E-state index in [0.717, 1.165) is 6.07 Å². The summed E-state index contributed by atoms with van der Waals surface area (Å²) in [7, 11) is 0. The number of rotatable bonds is 3. The third-order valence-corrected chi connectivity index (χ3v) is 1.57. The zero-order valence-corrected chi connectivity index (χ0v) is 6.79. The van der Waals surface area contributed by atoms with Crippen molar-refractivity contribution in [2.75, 3.05) is 0 Å². The fourth-order valence-electron chi connectivity index (χ4n) is 0.928. The van der Waals surface area contributed by atoms with Gasteiger partial charge < -0.3 is 5.73 Å². The summed E-state index contributed by atoms with van der Waals surface area (Å²) in [4.78, 5) is 14.9. The van der Waals surface area contributed by atoms with Crippen LogP contribution in [-0.2, 0) is 11.4 Å². The van der Waals surface area contributed by atoms with Gasteiger partial charge in [0.05, 0.1) is 6.61 Å². The van der Waals surface area contributed by atoms with Crippen LogP contribution in [0.2, 0.25) is 0 Å². The van der Waals surface area contributed by atoms with E-state index in [1.54, 1.807) is 0 Å². The van der Waals surface area contributed by atoms with Crippen LogP contribution in [0.4, 0.5) is 4.39 Å². The number of amides is 1. The number of carbonyl (C=O) groups is 1. The SMILES string of the molecule is NOCc1cc(C(N)=O)ccc1F. The molecule has 0 saturated heterocycles. The lowest BCUT2D eigenvalue weighted by molar-refractivity contribution is 0.0999. The summed E-state index contributed by atoms with van der Waals surface area (Å²) >= 11 is 0. The number of hydrogen-bond donors (Lipinski definition) is 2. The van der Waals surface area contributed by atoms with Gasteiger partial charge in [-0.05, 0) is 18.2 Å². The van der Waals surface area contributed by atoms with Gasteiger partial charge in [0.25, 0.3) is 0 Å². The lowest BCUT2D eigenvalue weighted by Crippen LogP contribution is -2.12. The molecule has 0 aliphatic heterocycles. The molecule has 0 heterocycles. The van der Waals surface area contributed by atoms with Crippen molar-refractivity contribution in [2.24, 2.45) is 11.6 Å². The van der Waals surface area contributed by atoms with E-state index in [1.165, 1.54) is 12.1 Å². The second-order valence-corrected chi connectivity index (χ2v) is 2.48. The van der Waals surface area contributed by atoms with Gasteiger partial charge in [0.1, 0.15) is 5.82 Å². The third-order valence-electron chi connectivity index (χ3n) is 1.57. The van der Waals surface area contributed by atoms with Gasteiger partial charge in [0.2, 0.25) is 5.91 Å². The van der Waals surface area contributed by atoms with Gasteiger partial charge in [0.15, 0.2) is 0 Å². The van der Waals surface area contributed by atoms with E-state index in [0.29, 0.717) is 0 Å². The molecule has 5 heteroatoms. The van der Waals surface area contributed by atoms with Crippen molar-refractivity contribution in [3.05, 3.63) is 35.1 Å². The zero-order valence-electron chi connectivity index (χ0n) is 6.79. The van der Waals surface area contributed by atoms with Gasteiger partial charge in [-0.15, -0.1) is 0 Å². The maximum atomic E-state index is 12.9. The van der Waals surface area contributed by atoms with E-state index in [-0.39, 0.29) is 17.7 Å². The average Bonchev–Trinajstić information content (AvgIpc) is 2.08. The average molecular weight is 184 g/mol. The van der Waals surface area contributed by atoms with E-state index in [9.17, 15) is 9.18 Å². The van der Waals surface area contributed by atoms with Gasteiger partial charge in [-0.1, -0.05) is 0 Å². The zero-order chi connectivity index (χ0) is 9.84. The Kier molecular flexibility index (Phi) is 2.94. The Bertz CT molecular complexity index is 328. The molecule has 1 aromatic carbocycles. The lowest BCUT2D eigenvalue weighted by atomic mass is 10.1. The number of nitrogens with two attached hydrogens (primary N) is 2. The summed E-state index contributed by atoms with van der Waals surface area (Å²) in [5.74, 6) is 3.68. The number of hydrogen-bond acceptors (Lipinski definition) is 3. The van der Waals surface area contributed by atoms with Crippen LogP contribution in [0.5, 0.6) is 0 Å². The van der Waals surface area contributed by atoms with Crippen LogP contribution in [-0.4, -0.2) is 5.91 Å². The Morgan fingerprint density at radius 2 is 2.23 bits per heavy atom. The Morgan fingerprint density at radius 3 is 2.77 bits per heavy atom. The molecule has 0 bridgehead atoms. The van der Waals surface area contributed by atoms with E-state index < -0.39 is 11.7 Å². The smallest absolute Gasteiger partial charge is 0.248 e. The summed E-state index contributed by atoms with van der Waals surface area (Å²) in [5.41, 5.74) is 5.43. The maximum Gasteiger partial charge on any atom is 0.248 e. The Balaban J connectivity index is 3.03. The van der Waals surface area contributed by atoms with Crippen molar-refractivity contribution in [3.8, 4) is 0 Å². The van der Waals surface area contributed by atoms with E-state index >= 15 is 0 Å². The molecule has 0 aromatic heterocycles. The Hall–Kier alpha value is -1.46. The first kappa shape index (κ1) is 9.63. The highest BCUT2D eigenvalue weighted by Gasteiger charge is 2.06. The normalized spacial score (nSPS) is 10.0. The van der Waals surface area contributed by atoms with Crippen molar-refractivity contribution in [1.29, 1.82) is 0 Å². The molecule has 0 aliphatic rings. The molecule has 4 N–H and O–H groups in total. The van der Waals surface area contributed by atoms with Crippen molar-refractivity contribution in [1.82, 2.24) is 0 Å². The van der Waals surface area contributed by atoms with Crippen molar-refractivity contribution in [2.45, 2.75) is 6.61 Å². The standard InChI is InChI=1S/C8H9FN2O2/c9-7-2-1-5(8(10)12)3-6(7)4-13-11/h1-3H,4,11H2,(H2,10,12). The molecule has 0 saturated carbocycles. The van der Waals surface area contributed by atoms with Gasteiger partial charge in [-0.2, -0.15) is 0 Å². The van der Waals surface area contributed by atoms with Crippen LogP contribution in [0.25, 0.3) is 0 Å². The highest BCUT2D eigenvalue weighted by molar-refractivity contribution is 5.92. The molecule has 4 nitrogen and oxygen atoms in total. The monoisotopic (exact) mass is 184 g/mol. The summed E-state index contributed by atoms with van der Waals surface area (Å²) in [6.07, 6.45) is 0. The molecule has 0 aliphatic carbocycles. The number of halogens is 1. The lowest BCUT2D eigenvalue weighted by Gasteiger charge is -2.02. The molecule has 70 valence electrons. The van der Waals surface area contributed by atoms with Crippen LogP contribution in [0.3, 0.4) is 0 Å². The summed E-state index contributed by atoms with van der Waals surface area (Å²) in [5, 5.41) is 0. The molecule has 0 unspecified atom stereocenters. The van der Waals surface area contributed by atoms with Crippen molar-refractivity contribution < 1.29 is 14.0 Å². The fraction of sp³-hybridized carbons (Fsp3) is 0.125. The van der Waals surface area contributed by atoms with Crippen LogP contribution >= 0.6 is 0 Å². The van der Waals surface area contributed by atoms with Crippen LogP contribution in [0.15, 0.2) is 18.2 Å². The number of benzene rings is 1. The quantitative estimate of drug-likeness (QED) is 0.664. The second-order valence-electron chi connectivity index (χ2n) is 2.48. The minimum atomic E-state index is -0.613. The van der Waals surface area contributed by atoms with E-state index in [4.69, 9.17) is 11.6 Å². The molecule has 1 amide bonds. The van der Waals surface area contributed by atoms with Gasteiger partial charge in [-0.25, -0.2) is 10.3 Å². The molecule has 1 aromatic rings. The van der Waals surface area contributed by atoms with E-state index in [2.05, 4.69) is 4.84 Å². The molecular weight excluding hydrogens is 175 g/mol. The largest absolute Gasteiger partial charge is 0.366 e. The van der Waals surface area contributed by atoms with E-state index in [1.807, 2.05) is 0 Å². The van der Waals surface area contributed by atoms with Crippen LogP contribution in [0, 0.1) is 5.82 Å². The Morgan fingerprint density at radius 1 is 1.54 bits per heavy atom. The number of carbonyl (C=O) groups excluding carboxylic acids is 1. The predicted octanol–water partition coefficient (Wildman–Crippen LogP) is 0.315. The van der Waals surface area contributed by atoms with Gasteiger partial charge >= 0.3 is 0 Å². The topological polar surface area (TPSA) is 78.3 Å². The molecule has 0 atom stereocenters. The molecular formula is C8H9FN2O2. The summed E-state index contributed by atoms with van der Waals surface area (Å²) in [6, 6.07) is 3.76. The predicted molar refractivity (Wildman–Crippen MR) is 43.9 cm³/mol. The third kappa shape index (κ3) is 2.24. The maximum absolute atomic E-state index is 12.9. The Labute approximate surface area is 74.2 Å². The molecule has 13 heavy (non-hydrogen) atoms. The van der Waals surface area contributed by atoms with Crippen molar-refractivity contribution >= 4 is 5.91 Å². The minimum Gasteiger partial charge on any atom is -0.366 e. The van der Waals surface area contributed by atoms with Gasteiger partial charge in [0, 0.05) is 11.1 Å². The highest BCUT2D eigenvalue weighted by atomic mass is 19.1. The summed E-state index contributed by atoms with van der Waals surface area (Å²) in [6.45, 7) is -0.0903. The minimum absolute atomic E-state index is 0.0903. The molecule has 0 radical (unpaired) electrons. The first-order valence-corrected chi connectivity index (χ1v) is 3.55. The molecule has 1 rings (SSSR count). The highest BCUT2D eigenvalue weighted by Crippen LogP contribution is 2.10. The molecule has 0 spiro atoms. The van der Waals surface area contributed by atoms with Crippen LogP contribution in [0.1, 0.15) is 15.9 Å². The first-order valence-electron chi connectivity index (χ1n) is 3.55. The fourth-order valence-corrected chi connectivity index (χ4v) is 0.928. The summed E-state index contributed by atoms with van der Waals surface area (Å²) < 4.78 is 12.9. The first-order chi connectivity index (χ1) is 6.15. The second kappa shape index (κ2) is 3.97. The molecule has 0 fully saturated rings. The number of primary amides is 1. The van der Waals surface area contributed by atoms with Crippen LogP contribution < -0.4 is 11.6 Å².